The summed E-state index contributed by atoms with van der Waals surface area (Å²) in [6.07, 6.45) is 3.90. The second-order valence-electron chi connectivity index (χ2n) is 5.50. The minimum absolute atomic E-state index is 0.535. The molecule has 0 saturated carbocycles. The van der Waals surface area contributed by atoms with E-state index in [2.05, 4.69) is 39.2 Å². The smallest absolute Gasteiger partial charge is 0.258 e. The van der Waals surface area contributed by atoms with Gasteiger partial charge in [-0.1, -0.05) is 30.6 Å². The molecule has 0 bridgehead atoms. The molecular weight excluding hydrogens is 288 g/mol. The van der Waals surface area contributed by atoms with Crippen LogP contribution in [0.4, 0.5) is 0 Å². The van der Waals surface area contributed by atoms with Crippen LogP contribution in [0.2, 0.25) is 0 Å². The van der Waals surface area contributed by atoms with E-state index in [-0.39, 0.29) is 0 Å². The topological polar surface area (TPSA) is 67.6 Å². The van der Waals surface area contributed by atoms with Gasteiger partial charge in [-0.3, -0.25) is 0 Å². The van der Waals surface area contributed by atoms with Crippen molar-refractivity contribution in [2.24, 2.45) is 0 Å². The highest BCUT2D eigenvalue weighted by molar-refractivity contribution is 5.80. The van der Waals surface area contributed by atoms with Gasteiger partial charge in [-0.2, -0.15) is 4.98 Å². The molecule has 114 valence electrons. The molecule has 0 fully saturated rings. The van der Waals surface area contributed by atoms with E-state index in [4.69, 9.17) is 4.52 Å². The van der Waals surface area contributed by atoms with Crippen molar-refractivity contribution in [1.82, 2.24) is 20.1 Å². The van der Waals surface area contributed by atoms with E-state index in [0.29, 0.717) is 11.7 Å². The molecular formula is C18H16N4O. The molecule has 0 spiro atoms. The van der Waals surface area contributed by atoms with Gasteiger partial charge in [0.05, 0.1) is 17.4 Å². The fourth-order valence-corrected chi connectivity index (χ4v) is 2.64. The lowest BCUT2D eigenvalue weighted by Gasteiger charge is -1.99. The van der Waals surface area contributed by atoms with Gasteiger partial charge in [-0.25, -0.2) is 4.98 Å². The molecule has 1 N–H and O–H groups in total. The Kier molecular flexibility index (Phi) is 3.38. The Morgan fingerprint density at radius 2 is 1.87 bits per heavy atom. The van der Waals surface area contributed by atoms with E-state index in [9.17, 15) is 0 Å². The van der Waals surface area contributed by atoms with Crippen LogP contribution in [-0.4, -0.2) is 20.1 Å². The van der Waals surface area contributed by atoms with Crippen LogP contribution in [0.5, 0.6) is 0 Å². The molecule has 2 aromatic carbocycles. The predicted octanol–water partition coefficient (Wildman–Crippen LogP) is 4.23. The number of H-pyrrole nitrogens is 1. The summed E-state index contributed by atoms with van der Waals surface area (Å²) in [5.74, 6) is 1.11. The van der Waals surface area contributed by atoms with E-state index in [1.807, 2.05) is 30.3 Å². The lowest BCUT2D eigenvalue weighted by atomic mass is 10.1. The van der Waals surface area contributed by atoms with Crippen LogP contribution < -0.4 is 0 Å². The third-order valence-corrected chi connectivity index (χ3v) is 3.84. The molecule has 0 radical (unpaired) electrons. The van der Waals surface area contributed by atoms with E-state index < -0.39 is 0 Å². The van der Waals surface area contributed by atoms with Crippen molar-refractivity contribution >= 4 is 11.0 Å². The molecule has 4 rings (SSSR count). The van der Waals surface area contributed by atoms with Crippen LogP contribution in [-0.2, 0) is 6.42 Å². The number of aromatic nitrogens is 4. The summed E-state index contributed by atoms with van der Waals surface area (Å²) in [7, 11) is 0. The fourth-order valence-electron chi connectivity index (χ4n) is 2.64. The number of rotatable bonds is 4. The van der Waals surface area contributed by atoms with Crippen molar-refractivity contribution in [3.8, 4) is 22.8 Å². The maximum atomic E-state index is 5.41. The van der Waals surface area contributed by atoms with Crippen LogP contribution in [0.15, 0.2) is 53.3 Å². The first kappa shape index (κ1) is 13.7. The summed E-state index contributed by atoms with van der Waals surface area (Å²) in [6, 6.07) is 14.1. The van der Waals surface area contributed by atoms with Gasteiger partial charge in [0.1, 0.15) is 0 Å². The Bertz CT molecular complexity index is 937. The lowest BCUT2D eigenvalue weighted by Crippen LogP contribution is -1.84. The number of hydrogen-bond donors (Lipinski definition) is 1. The monoisotopic (exact) mass is 304 g/mol. The zero-order valence-corrected chi connectivity index (χ0v) is 12.8. The number of nitrogens with one attached hydrogen (secondary N) is 1. The van der Waals surface area contributed by atoms with Gasteiger partial charge in [-0.15, -0.1) is 0 Å². The maximum Gasteiger partial charge on any atom is 0.258 e. The quantitative estimate of drug-likeness (QED) is 0.612. The van der Waals surface area contributed by atoms with Crippen LogP contribution in [0.25, 0.3) is 33.9 Å². The lowest BCUT2D eigenvalue weighted by molar-refractivity contribution is 0.432. The number of fused-ring (bicyclic) bond motifs is 1. The summed E-state index contributed by atoms with van der Waals surface area (Å²) < 4.78 is 5.41. The van der Waals surface area contributed by atoms with E-state index in [1.165, 1.54) is 5.56 Å². The number of nitrogens with zero attached hydrogens (tertiary/aromatic N) is 3. The maximum absolute atomic E-state index is 5.41. The van der Waals surface area contributed by atoms with Gasteiger partial charge in [-0.05, 0) is 42.3 Å². The number of hydrogen-bond acceptors (Lipinski definition) is 4. The SMILES string of the molecule is CCCc1ccc(-c2nc(-c3ccc4nc[nH]c4c3)no2)cc1. The largest absolute Gasteiger partial charge is 0.345 e. The van der Waals surface area contributed by atoms with Crippen molar-refractivity contribution in [3.05, 3.63) is 54.4 Å². The van der Waals surface area contributed by atoms with Gasteiger partial charge >= 0.3 is 0 Å². The van der Waals surface area contributed by atoms with Gasteiger partial charge in [0.25, 0.3) is 5.89 Å². The van der Waals surface area contributed by atoms with Crippen LogP contribution in [0, 0.1) is 0 Å². The van der Waals surface area contributed by atoms with Gasteiger partial charge in [0.15, 0.2) is 0 Å². The van der Waals surface area contributed by atoms with Crippen molar-refractivity contribution in [1.29, 1.82) is 0 Å². The highest BCUT2D eigenvalue weighted by Gasteiger charge is 2.11. The standard InChI is InChI=1S/C18H16N4O/c1-2-3-12-4-6-13(7-5-12)18-21-17(22-23-18)14-8-9-15-16(10-14)20-11-19-15/h4-11H,2-3H2,1H3,(H,19,20). The molecule has 0 unspecified atom stereocenters. The van der Waals surface area contributed by atoms with E-state index >= 15 is 0 Å². The van der Waals surface area contributed by atoms with E-state index in [0.717, 1.165) is 35.0 Å². The molecule has 0 aliphatic carbocycles. The molecule has 0 aliphatic heterocycles. The second-order valence-corrected chi connectivity index (χ2v) is 5.50. The first-order valence-corrected chi connectivity index (χ1v) is 7.70. The third-order valence-electron chi connectivity index (χ3n) is 3.84. The Labute approximate surface area is 133 Å². The molecule has 4 aromatic rings. The average Bonchev–Trinajstić information content (AvgIpc) is 3.24. The van der Waals surface area contributed by atoms with Gasteiger partial charge in [0, 0.05) is 11.1 Å². The molecule has 5 heteroatoms. The van der Waals surface area contributed by atoms with Crippen molar-refractivity contribution in [2.45, 2.75) is 19.8 Å². The molecule has 0 aliphatic rings. The van der Waals surface area contributed by atoms with Crippen molar-refractivity contribution < 1.29 is 4.52 Å². The van der Waals surface area contributed by atoms with Crippen molar-refractivity contribution in [2.75, 3.05) is 0 Å². The molecule has 0 atom stereocenters. The molecule has 23 heavy (non-hydrogen) atoms. The molecule has 2 heterocycles. The summed E-state index contributed by atoms with van der Waals surface area (Å²) in [6.45, 7) is 2.18. The summed E-state index contributed by atoms with van der Waals surface area (Å²) >= 11 is 0. The van der Waals surface area contributed by atoms with Crippen LogP contribution in [0.1, 0.15) is 18.9 Å². The predicted molar refractivity (Wildman–Crippen MR) is 88.8 cm³/mol. The highest BCUT2D eigenvalue weighted by atomic mass is 16.5. The first-order chi connectivity index (χ1) is 11.3. The molecule has 0 amide bonds. The minimum atomic E-state index is 0.535. The first-order valence-electron chi connectivity index (χ1n) is 7.70. The molecule has 5 nitrogen and oxygen atoms in total. The Morgan fingerprint density at radius 1 is 1.04 bits per heavy atom. The summed E-state index contributed by atoms with van der Waals surface area (Å²) in [5.41, 5.74) is 5.04. The number of aromatic amines is 1. The highest BCUT2D eigenvalue weighted by Crippen LogP contribution is 2.24. The second kappa shape index (κ2) is 5.68. The normalized spacial score (nSPS) is 11.2. The third kappa shape index (κ3) is 2.61. The zero-order valence-electron chi connectivity index (χ0n) is 12.8. The van der Waals surface area contributed by atoms with Crippen molar-refractivity contribution in [3.63, 3.8) is 0 Å². The summed E-state index contributed by atoms with van der Waals surface area (Å²) in [4.78, 5) is 11.8. The number of imidazole rings is 1. The fraction of sp³-hybridized carbons (Fsp3) is 0.167. The molecule has 0 saturated heterocycles. The van der Waals surface area contributed by atoms with Gasteiger partial charge < -0.3 is 9.51 Å². The zero-order chi connectivity index (χ0) is 15.6. The number of benzene rings is 2. The Morgan fingerprint density at radius 3 is 2.70 bits per heavy atom. The average molecular weight is 304 g/mol. The molecule has 2 aromatic heterocycles. The number of aryl methyl sites for hydroxylation is 1. The summed E-state index contributed by atoms with van der Waals surface area (Å²) in [5, 5.41) is 4.09. The Balaban J connectivity index is 1.65. The van der Waals surface area contributed by atoms with Crippen LogP contribution in [0.3, 0.4) is 0 Å². The van der Waals surface area contributed by atoms with Gasteiger partial charge in [0.2, 0.25) is 5.82 Å². The van der Waals surface area contributed by atoms with Crippen LogP contribution >= 0.6 is 0 Å². The van der Waals surface area contributed by atoms with E-state index in [1.54, 1.807) is 6.33 Å². The minimum Gasteiger partial charge on any atom is -0.345 e. The Hall–Kier alpha value is -2.95.